The highest BCUT2D eigenvalue weighted by Crippen LogP contribution is 2.34. The monoisotopic (exact) mass is 766 g/mol. The quantitative estimate of drug-likeness (QED) is 0.154. The zero-order chi connectivity index (χ0) is 37.4. The van der Waals surface area contributed by atoms with Crippen LogP contribution < -0.4 is 15.8 Å². The summed E-state index contributed by atoms with van der Waals surface area (Å²) in [5.74, 6) is -0.960. The Morgan fingerprint density at radius 3 is 2.19 bits per heavy atom. The second-order valence-electron chi connectivity index (χ2n) is 15.8. The molecule has 4 N–H and O–H groups in total. The average molecular weight is 767 g/mol. The van der Waals surface area contributed by atoms with Gasteiger partial charge in [0.05, 0.1) is 12.2 Å². The van der Waals surface area contributed by atoms with E-state index in [4.69, 9.17) is 10.5 Å². The van der Waals surface area contributed by atoms with Crippen molar-refractivity contribution >= 4 is 52.1 Å². The van der Waals surface area contributed by atoms with Crippen LogP contribution >= 0.6 is 12.4 Å². The minimum Gasteiger partial charge on any atom is -0.459 e. The molecule has 0 radical (unpaired) electrons. The number of guanidine groups is 1. The Hall–Kier alpha value is -3.23. The van der Waals surface area contributed by atoms with Crippen LogP contribution in [-0.2, 0) is 40.4 Å². The lowest BCUT2D eigenvalue weighted by Crippen LogP contribution is -2.54. The van der Waals surface area contributed by atoms with Gasteiger partial charge in [0.25, 0.3) is 5.91 Å². The van der Waals surface area contributed by atoms with Gasteiger partial charge in [-0.1, -0.05) is 63.4 Å². The topological polar surface area (TPSA) is 181 Å². The summed E-state index contributed by atoms with van der Waals surface area (Å²) in [5.41, 5.74) is 5.39. The number of halogens is 1. The van der Waals surface area contributed by atoms with Gasteiger partial charge in [0.1, 0.15) is 17.7 Å². The Kier molecular flexibility index (Phi) is 15.5. The van der Waals surface area contributed by atoms with E-state index >= 15 is 0 Å². The lowest BCUT2D eigenvalue weighted by molar-refractivity contribution is -0.166. The van der Waals surface area contributed by atoms with E-state index in [9.17, 15) is 27.6 Å². The molecule has 15 heteroatoms. The number of nitrogens with two attached hydrogens (primary N) is 1. The second kappa shape index (κ2) is 18.7. The van der Waals surface area contributed by atoms with Crippen molar-refractivity contribution in [3.05, 3.63) is 35.9 Å². The van der Waals surface area contributed by atoms with Crippen LogP contribution in [0.15, 0.2) is 35.3 Å². The molecular weight excluding hydrogens is 708 g/mol. The van der Waals surface area contributed by atoms with E-state index in [0.29, 0.717) is 45.4 Å². The predicted octanol–water partition coefficient (Wildman–Crippen LogP) is 3.55. The van der Waals surface area contributed by atoms with Gasteiger partial charge >= 0.3 is 5.97 Å². The minimum absolute atomic E-state index is 0. The molecule has 3 amide bonds. The zero-order valence-corrected chi connectivity index (χ0v) is 33.0. The van der Waals surface area contributed by atoms with E-state index < -0.39 is 39.0 Å². The number of carbonyl (C=O) groups excluding carboxylic acids is 4. The van der Waals surface area contributed by atoms with Crippen molar-refractivity contribution in [2.24, 2.45) is 28.0 Å². The van der Waals surface area contributed by atoms with Crippen molar-refractivity contribution in [2.45, 2.75) is 116 Å². The predicted molar refractivity (Wildman–Crippen MR) is 203 cm³/mol. The number of sulfonamides is 1. The molecule has 2 aliphatic heterocycles. The molecule has 0 unspecified atom stereocenters. The second-order valence-corrected chi connectivity index (χ2v) is 17.6. The zero-order valence-electron chi connectivity index (χ0n) is 31.4. The van der Waals surface area contributed by atoms with Crippen molar-refractivity contribution in [2.75, 3.05) is 32.4 Å². The number of carbonyl (C=O) groups is 4. The van der Waals surface area contributed by atoms with Crippen molar-refractivity contribution < 1.29 is 32.3 Å². The lowest BCUT2D eigenvalue weighted by Gasteiger charge is -2.35. The summed E-state index contributed by atoms with van der Waals surface area (Å²) >= 11 is 0. The number of nitrogens with zero attached hydrogens (tertiary/aromatic N) is 3. The molecule has 2 saturated heterocycles. The van der Waals surface area contributed by atoms with E-state index in [0.717, 1.165) is 56.8 Å². The van der Waals surface area contributed by atoms with Gasteiger partial charge in [-0.05, 0) is 70.3 Å². The van der Waals surface area contributed by atoms with Gasteiger partial charge in [-0.25, -0.2) is 13.1 Å². The van der Waals surface area contributed by atoms with Crippen LogP contribution in [0, 0.1) is 17.3 Å². The van der Waals surface area contributed by atoms with Crippen molar-refractivity contribution in [3.63, 3.8) is 0 Å². The third-order valence-corrected chi connectivity index (χ3v) is 11.0. The van der Waals surface area contributed by atoms with Gasteiger partial charge in [-0.15, -0.1) is 12.4 Å². The molecule has 292 valence electrons. The largest absolute Gasteiger partial charge is 0.459 e. The summed E-state index contributed by atoms with van der Waals surface area (Å²) in [6, 6.07) is 7.50. The molecule has 0 spiro atoms. The summed E-state index contributed by atoms with van der Waals surface area (Å²) in [6.45, 7) is 9.20. The van der Waals surface area contributed by atoms with Crippen LogP contribution in [0.25, 0.3) is 0 Å². The molecule has 2 heterocycles. The molecule has 2 atom stereocenters. The number of nitrogens with one attached hydrogen (secondary N) is 2. The third-order valence-electron chi connectivity index (χ3n) is 10.3. The minimum atomic E-state index is -3.68. The van der Waals surface area contributed by atoms with Crippen LogP contribution in [0.4, 0.5) is 0 Å². The number of ether oxygens (including phenoxy) is 1. The number of hydrogen-bond acceptors (Lipinski definition) is 7. The Balaban J connectivity index is 0.00000729. The molecule has 3 fully saturated rings. The molecule has 4 rings (SSSR count). The fraction of sp³-hybridized carbons (Fsp3) is 0.703. The first-order valence-electron chi connectivity index (χ1n) is 18.4. The molecule has 52 heavy (non-hydrogen) atoms. The number of aliphatic imine (C=N–C) groups is 1. The standard InChI is InChI=1S/C37H58N6O7S.ClH/c1-36(2,25-37(3,4)50-33(46)28-15-10-7-11-16-28)34(47)40-35(38)42-21-18-27(19-22-42)24-39-31(44)30-17-12-20-43(30)32(45)29(41-51(5,48)49)23-26-13-8-6-9-14-26;/h6,8-9,13-14,27-30,41H,7,10-12,15-25H2,1-5H3,(H,39,44)(H2,38,40,47);1H/t29-,30+;/m1./s1. The highest BCUT2D eigenvalue weighted by atomic mass is 35.5. The van der Waals surface area contributed by atoms with Crippen LogP contribution in [-0.4, -0.2) is 98.0 Å². The maximum absolute atomic E-state index is 13.6. The summed E-state index contributed by atoms with van der Waals surface area (Å²) in [5, 5.41) is 3.03. The van der Waals surface area contributed by atoms with Gasteiger partial charge in [0, 0.05) is 38.0 Å². The number of hydrogen-bond donors (Lipinski definition) is 3. The van der Waals surface area contributed by atoms with Gasteiger partial charge in [-0.2, -0.15) is 4.99 Å². The number of esters is 1. The molecule has 1 saturated carbocycles. The number of benzene rings is 1. The highest BCUT2D eigenvalue weighted by molar-refractivity contribution is 7.88. The van der Waals surface area contributed by atoms with Gasteiger partial charge in [0.15, 0.2) is 5.96 Å². The molecule has 1 aromatic carbocycles. The van der Waals surface area contributed by atoms with Crippen LogP contribution in [0.5, 0.6) is 0 Å². The Morgan fingerprint density at radius 2 is 1.58 bits per heavy atom. The summed E-state index contributed by atoms with van der Waals surface area (Å²) in [4.78, 5) is 60.6. The molecule has 0 aromatic heterocycles. The maximum Gasteiger partial charge on any atom is 0.309 e. The van der Waals surface area contributed by atoms with E-state index in [1.807, 2.05) is 49.1 Å². The van der Waals surface area contributed by atoms with Gasteiger partial charge < -0.3 is 25.6 Å². The first-order chi connectivity index (χ1) is 23.9. The molecule has 3 aliphatic rings. The summed E-state index contributed by atoms with van der Waals surface area (Å²) < 4.78 is 32.6. The van der Waals surface area contributed by atoms with E-state index in [1.165, 1.54) is 4.90 Å². The van der Waals surface area contributed by atoms with Crippen LogP contribution in [0.2, 0.25) is 0 Å². The molecule has 0 bridgehead atoms. The van der Waals surface area contributed by atoms with Gasteiger partial charge in [-0.3, -0.25) is 19.2 Å². The Bertz CT molecular complexity index is 1520. The van der Waals surface area contributed by atoms with Crippen LogP contribution in [0.3, 0.4) is 0 Å². The first kappa shape index (κ1) is 43.2. The SMILES string of the molecule is CC(C)(CC(C)(C)C(=O)N=C(N)N1CCC(CNC(=O)[C@@H]2CCCN2C(=O)[C@@H](Cc2ccccc2)NS(C)(=O)=O)CC1)OC(=O)C1CCCCC1.Cl. The summed E-state index contributed by atoms with van der Waals surface area (Å²) in [6.07, 6.45) is 9.04. The molecule has 1 aliphatic carbocycles. The number of rotatable bonds is 13. The molecular formula is C37H59ClN6O7S. The first-order valence-corrected chi connectivity index (χ1v) is 20.3. The van der Waals surface area contributed by atoms with Crippen molar-refractivity contribution in [1.29, 1.82) is 0 Å². The average Bonchev–Trinajstić information content (AvgIpc) is 3.56. The molecule has 13 nitrogen and oxygen atoms in total. The number of amides is 3. The Labute approximate surface area is 315 Å². The lowest BCUT2D eigenvalue weighted by atomic mass is 9.80. The van der Waals surface area contributed by atoms with Crippen LogP contribution in [0.1, 0.15) is 97.5 Å². The fourth-order valence-corrected chi connectivity index (χ4v) is 8.42. The van der Waals surface area contributed by atoms with Gasteiger partial charge in [0.2, 0.25) is 21.8 Å². The maximum atomic E-state index is 13.6. The van der Waals surface area contributed by atoms with Crippen molar-refractivity contribution in [3.8, 4) is 0 Å². The third kappa shape index (κ3) is 12.7. The van der Waals surface area contributed by atoms with E-state index in [1.54, 1.807) is 13.8 Å². The van der Waals surface area contributed by atoms with Crippen molar-refractivity contribution in [1.82, 2.24) is 19.8 Å². The number of piperidine rings is 1. The van der Waals surface area contributed by atoms with E-state index in [-0.39, 0.29) is 54.4 Å². The number of likely N-dealkylation sites (tertiary alicyclic amines) is 2. The summed E-state index contributed by atoms with van der Waals surface area (Å²) in [7, 11) is -3.68. The normalized spacial score (nSPS) is 20.2. The Morgan fingerprint density at radius 1 is 0.942 bits per heavy atom. The highest BCUT2D eigenvalue weighted by Gasteiger charge is 2.40. The fourth-order valence-electron chi connectivity index (χ4n) is 7.72. The van der Waals surface area contributed by atoms with E-state index in [2.05, 4.69) is 15.0 Å². The molecule has 1 aromatic rings. The smallest absolute Gasteiger partial charge is 0.309 e.